The number of carbonyl (C=O) groups is 1. The monoisotopic (exact) mass is 296 g/mol. The van der Waals surface area contributed by atoms with Crippen molar-refractivity contribution in [1.82, 2.24) is 0 Å². The quantitative estimate of drug-likeness (QED) is 0.928. The Morgan fingerprint density at radius 3 is 2.62 bits per heavy atom. The largest absolute Gasteiger partial charge is 0.493 e. The molecule has 1 fully saturated rings. The Bertz CT molecular complexity index is 578. The molecule has 0 saturated heterocycles. The number of methoxy groups -OCH3 is 1. The van der Waals surface area contributed by atoms with Gasteiger partial charge in [0.1, 0.15) is 13.2 Å². The average molecular weight is 296 g/mol. The zero-order valence-electron chi connectivity index (χ0n) is 11.8. The minimum atomic E-state index is -1.11. The molecule has 0 unspecified atom stereocenters. The molecule has 0 bridgehead atoms. The van der Waals surface area contributed by atoms with Crippen molar-refractivity contribution in [3.8, 4) is 17.2 Å². The molecular weight excluding hydrogens is 279 g/mol. The molecule has 6 heteroatoms. The van der Waals surface area contributed by atoms with Crippen LogP contribution in [0.1, 0.15) is 31.2 Å². The van der Waals surface area contributed by atoms with Gasteiger partial charge in [0.25, 0.3) is 0 Å². The standard InChI is InChI=1S/C15H17FO5/c1-19-12-9(15(14(17)18)4-2-3-5-15)8-10-13(11(12)16)21-7-6-20-10/h8H,2-7H2,1H3,(H,17,18). The normalized spacial score (nSPS) is 19.3. The number of hydrogen-bond donors (Lipinski definition) is 1. The summed E-state index contributed by atoms with van der Waals surface area (Å²) in [6, 6.07) is 1.57. The number of benzene rings is 1. The fourth-order valence-electron chi connectivity index (χ4n) is 3.26. The molecule has 0 radical (unpaired) electrons. The second-order valence-electron chi connectivity index (χ2n) is 5.39. The van der Waals surface area contributed by atoms with Crippen LogP contribution in [0, 0.1) is 5.82 Å². The molecule has 21 heavy (non-hydrogen) atoms. The van der Waals surface area contributed by atoms with Crippen molar-refractivity contribution in [3.63, 3.8) is 0 Å². The van der Waals surface area contributed by atoms with Crippen LogP contribution in [0.3, 0.4) is 0 Å². The highest BCUT2D eigenvalue weighted by Crippen LogP contribution is 2.50. The minimum Gasteiger partial charge on any atom is -0.493 e. The number of hydrogen-bond acceptors (Lipinski definition) is 4. The van der Waals surface area contributed by atoms with Gasteiger partial charge in [-0.05, 0) is 18.9 Å². The smallest absolute Gasteiger partial charge is 0.314 e. The van der Waals surface area contributed by atoms with Crippen LogP contribution in [0.25, 0.3) is 0 Å². The van der Waals surface area contributed by atoms with E-state index in [-0.39, 0.29) is 23.9 Å². The van der Waals surface area contributed by atoms with Crippen molar-refractivity contribution in [2.24, 2.45) is 0 Å². The van der Waals surface area contributed by atoms with Crippen LogP contribution in [-0.4, -0.2) is 31.4 Å². The SMILES string of the molecule is COc1c(C2(C(=O)O)CCCC2)cc2c(c1F)OCCO2. The van der Waals surface area contributed by atoms with Gasteiger partial charge in [-0.15, -0.1) is 0 Å². The number of carboxylic acid groups (broad SMARTS) is 1. The first-order valence-electron chi connectivity index (χ1n) is 7.00. The van der Waals surface area contributed by atoms with E-state index in [9.17, 15) is 14.3 Å². The van der Waals surface area contributed by atoms with Gasteiger partial charge in [0.2, 0.25) is 11.6 Å². The summed E-state index contributed by atoms with van der Waals surface area (Å²) in [6.45, 7) is 0.578. The molecule has 1 aliphatic heterocycles. The zero-order chi connectivity index (χ0) is 15.0. The Labute approximate surface area is 121 Å². The van der Waals surface area contributed by atoms with Crippen LogP contribution in [-0.2, 0) is 10.2 Å². The van der Waals surface area contributed by atoms with E-state index in [2.05, 4.69) is 0 Å². The van der Waals surface area contributed by atoms with Gasteiger partial charge in [0.15, 0.2) is 11.5 Å². The Hall–Kier alpha value is -1.98. The van der Waals surface area contributed by atoms with E-state index in [0.29, 0.717) is 25.0 Å². The van der Waals surface area contributed by atoms with Gasteiger partial charge < -0.3 is 19.3 Å². The molecule has 0 atom stereocenters. The molecular formula is C15H17FO5. The first-order chi connectivity index (χ1) is 10.1. The van der Waals surface area contributed by atoms with Gasteiger partial charge in [-0.25, -0.2) is 0 Å². The van der Waals surface area contributed by atoms with Crippen LogP contribution in [0.2, 0.25) is 0 Å². The summed E-state index contributed by atoms with van der Waals surface area (Å²) in [4.78, 5) is 11.8. The molecule has 5 nitrogen and oxygen atoms in total. The van der Waals surface area contributed by atoms with E-state index in [1.165, 1.54) is 7.11 Å². The molecule has 1 heterocycles. The second kappa shape index (κ2) is 5.09. The lowest BCUT2D eigenvalue weighted by Gasteiger charge is -2.29. The van der Waals surface area contributed by atoms with E-state index in [1.54, 1.807) is 6.07 Å². The molecule has 1 aromatic rings. The fraction of sp³-hybridized carbons (Fsp3) is 0.533. The van der Waals surface area contributed by atoms with Crippen LogP contribution in [0.15, 0.2) is 6.07 Å². The van der Waals surface area contributed by atoms with Crippen LogP contribution >= 0.6 is 0 Å². The van der Waals surface area contributed by atoms with Gasteiger partial charge in [-0.1, -0.05) is 12.8 Å². The lowest BCUT2D eigenvalue weighted by atomic mass is 9.78. The Balaban J connectivity index is 2.21. The summed E-state index contributed by atoms with van der Waals surface area (Å²) in [5.74, 6) is -1.43. The minimum absolute atomic E-state index is 0.000357. The van der Waals surface area contributed by atoms with E-state index >= 15 is 0 Å². The van der Waals surface area contributed by atoms with E-state index in [0.717, 1.165) is 12.8 Å². The molecule has 2 aliphatic rings. The maximum atomic E-state index is 14.6. The molecule has 0 amide bonds. The van der Waals surface area contributed by atoms with Crippen LogP contribution in [0.5, 0.6) is 17.2 Å². The third kappa shape index (κ3) is 2.01. The first kappa shape index (κ1) is 14.0. The fourth-order valence-corrected chi connectivity index (χ4v) is 3.26. The summed E-state index contributed by atoms with van der Waals surface area (Å²) in [7, 11) is 1.34. The Kier molecular flexibility index (Phi) is 3.39. The van der Waals surface area contributed by atoms with Gasteiger partial charge >= 0.3 is 5.97 Å². The van der Waals surface area contributed by atoms with Gasteiger partial charge in [0.05, 0.1) is 12.5 Å². The topological polar surface area (TPSA) is 65.0 Å². The molecule has 0 spiro atoms. The van der Waals surface area contributed by atoms with E-state index in [4.69, 9.17) is 14.2 Å². The van der Waals surface area contributed by atoms with Crippen molar-refractivity contribution in [2.45, 2.75) is 31.1 Å². The Morgan fingerprint density at radius 1 is 1.33 bits per heavy atom. The average Bonchev–Trinajstić information content (AvgIpc) is 2.98. The lowest BCUT2D eigenvalue weighted by molar-refractivity contribution is -0.143. The molecule has 1 saturated carbocycles. The van der Waals surface area contributed by atoms with E-state index < -0.39 is 17.2 Å². The molecule has 0 aromatic heterocycles. The molecule has 1 aliphatic carbocycles. The number of carboxylic acids is 1. The number of aliphatic carboxylic acids is 1. The summed E-state index contributed by atoms with van der Waals surface area (Å²) in [5, 5.41) is 9.68. The number of halogens is 1. The Morgan fingerprint density at radius 2 is 2.00 bits per heavy atom. The number of rotatable bonds is 3. The van der Waals surface area contributed by atoms with Crippen molar-refractivity contribution in [1.29, 1.82) is 0 Å². The highest BCUT2D eigenvalue weighted by Gasteiger charge is 2.46. The van der Waals surface area contributed by atoms with Gasteiger partial charge in [-0.3, -0.25) is 4.79 Å². The van der Waals surface area contributed by atoms with Crippen molar-refractivity contribution < 1.29 is 28.5 Å². The summed E-state index contributed by atoms with van der Waals surface area (Å²) >= 11 is 0. The van der Waals surface area contributed by atoms with Crippen LogP contribution < -0.4 is 14.2 Å². The van der Waals surface area contributed by atoms with Gasteiger partial charge in [-0.2, -0.15) is 4.39 Å². The summed E-state index contributed by atoms with van der Waals surface area (Å²) < 4.78 is 30.4. The third-order valence-corrected chi connectivity index (χ3v) is 4.32. The van der Waals surface area contributed by atoms with Crippen molar-refractivity contribution >= 4 is 5.97 Å². The predicted octanol–water partition coefficient (Wildman–Crippen LogP) is 2.50. The highest BCUT2D eigenvalue weighted by molar-refractivity contribution is 5.83. The summed E-state index contributed by atoms with van der Waals surface area (Å²) in [5.41, 5.74) is -0.765. The molecule has 1 N–H and O–H groups in total. The molecule has 114 valence electrons. The van der Waals surface area contributed by atoms with Crippen molar-refractivity contribution in [3.05, 3.63) is 17.4 Å². The number of fused-ring (bicyclic) bond motifs is 1. The third-order valence-electron chi connectivity index (χ3n) is 4.32. The second-order valence-corrected chi connectivity index (χ2v) is 5.39. The highest BCUT2D eigenvalue weighted by atomic mass is 19.1. The maximum absolute atomic E-state index is 14.6. The first-order valence-corrected chi connectivity index (χ1v) is 7.00. The zero-order valence-corrected chi connectivity index (χ0v) is 11.8. The van der Waals surface area contributed by atoms with Crippen LogP contribution in [0.4, 0.5) is 4.39 Å². The molecule has 3 rings (SSSR count). The number of ether oxygens (including phenoxy) is 3. The lowest BCUT2D eigenvalue weighted by Crippen LogP contribution is -2.33. The maximum Gasteiger partial charge on any atom is 0.314 e. The van der Waals surface area contributed by atoms with E-state index in [1.807, 2.05) is 0 Å². The van der Waals surface area contributed by atoms with Crippen molar-refractivity contribution in [2.75, 3.05) is 20.3 Å². The van der Waals surface area contributed by atoms with Gasteiger partial charge in [0, 0.05) is 5.56 Å². The molecule has 1 aromatic carbocycles. The predicted molar refractivity (Wildman–Crippen MR) is 71.7 cm³/mol. The summed E-state index contributed by atoms with van der Waals surface area (Å²) in [6.07, 6.45) is 2.53.